The molecule has 0 fully saturated rings. The Morgan fingerprint density at radius 3 is 2.84 bits per heavy atom. The molecule has 0 spiro atoms. The van der Waals surface area contributed by atoms with Crippen molar-refractivity contribution in [2.75, 3.05) is 18.0 Å². The Hall–Kier alpha value is -3.36. The first-order chi connectivity index (χ1) is 12.0. The maximum absolute atomic E-state index is 12.3. The van der Waals surface area contributed by atoms with Gasteiger partial charge in [-0.1, -0.05) is 6.07 Å². The molecule has 3 rings (SSSR count). The number of fused-ring (bicyclic) bond motifs is 1. The van der Waals surface area contributed by atoms with Gasteiger partial charge in [0.2, 0.25) is 5.91 Å². The smallest absolute Gasteiger partial charge is 0.315 e. The summed E-state index contributed by atoms with van der Waals surface area (Å²) in [6, 6.07) is 7.40. The highest BCUT2D eigenvalue weighted by atomic mass is 16.6. The van der Waals surface area contributed by atoms with Crippen LogP contribution in [0.4, 0.5) is 16.2 Å². The standard InChI is InChI=1S/C16H16N4O5/c21-15(10-18-16(22)17-9-13-2-1-7-25-13)19-6-5-11-3-4-12(20(23)24)8-14(11)19/h1-4,7-8H,5-6,9-10H2,(H2,17,18,22). The first-order valence-corrected chi connectivity index (χ1v) is 7.66. The number of anilines is 1. The number of nitro groups is 1. The third kappa shape index (κ3) is 3.77. The second-order valence-corrected chi connectivity index (χ2v) is 5.48. The molecule has 1 aromatic heterocycles. The molecule has 0 radical (unpaired) electrons. The van der Waals surface area contributed by atoms with Crippen molar-refractivity contribution in [3.8, 4) is 0 Å². The number of urea groups is 1. The van der Waals surface area contributed by atoms with Crippen LogP contribution < -0.4 is 15.5 Å². The number of nitrogens with zero attached hydrogens (tertiary/aromatic N) is 2. The predicted octanol–water partition coefficient (Wildman–Crippen LogP) is 1.58. The van der Waals surface area contributed by atoms with E-state index in [4.69, 9.17) is 4.42 Å². The maximum atomic E-state index is 12.3. The summed E-state index contributed by atoms with van der Waals surface area (Å²) in [5, 5.41) is 15.9. The molecule has 2 heterocycles. The van der Waals surface area contributed by atoms with Gasteiger partial charge in [0.05, 0.1) is 30.0 Å². The predicted molar refractivity (Wildman–Crippen MR) is 88.1 cm³/mol. The van der Waals surface area contributed by atoms with Crippen LogP contribution in [-0.2, 0) is 17.8 Å². The van der Waals surface area contributed by atoms with Crippen LogP contribution in [-0.4, -0.2) is 30.0 Å². The third-order valence-electron chi connectivity index (χ3n) is 3.88. The van der Waals surface area contributed by atoms with Crippen LogP contribution in [0.3, 0.4) is 0 Å². The highest BCUT2D eigenvalue weighted by molar-refractivity contribution is 5.98. The van der Waals surface area contributed by atoms with E-state index in [-0.39, 0.29) is 24.7 Å². The lowest BCUT2D eigenvalue weighted by Crippen LogP contribution is -2.43. The van der Waals surface area contributed by atoms with Crippen molar-refractivity contribution < 1.29 is 18.9 Å². The summed E-state index contributed by atoms with van der Waals surface area (Å²) in [5.74, 6) is 0.273. The molecule has 2 N–H and O–H groups in total. The molecule has 9 heteroatoms. The largest absolute Gasteiger partial charge is 0.467 e. The molecule has 0 bridgehead atoms. The van der Waals surface area contributed by atoms with E-state index in [2.05, 4.69) is 10.6 Å². The maximum Gasteiger partial charge on any atom is 0.315 e. The SMILES string of the molecule is O=C(NCC(=O)N1CCc2ccc([N+](=O)[O-])cc21)NCc1ccco1. The van der Waals surface area contributed by atoms with Crippen molar-refractivity contribution in [1.82, 2.24) is 10.6 Å². The highest BCUT2D eigenvalue weighted by Crippen LogP contribution is 2.31. The van der Waals surface area contributed by atoms with Crippen LogP contribution in [0.2, 0.25) is 0 Å². The van der Waals surface area contributed by atoms with Gasteiger partial charge >= 0.3 is 6.03 Å². The molecule has 0 saturated carbocycles. The van der Waals surface area contributed by atoms with Gasteiger partial charge in [0.1, 0.15) is 5.76 Å². The number of nitrogens with one attached hydrogen (secondary N) is 2. The van der Waals surface area contributed by atoms with Gasteiger partial charge < -0.3 is 20.0 Å². The molecule has 2 aromatic rings. The normalized spacial score (nSPS) is 12.6. The van der Waals surface area contributed by atoms with E-state index in [0.717, 1.165) is 5.56 Å². The van der Waals surface area contributed by atoms with Gasteiger partial charge in [0.15, 0.2) is 0 Å². The molecule has 0 saturated heterocycles. The van der Waals surface area contributed by atoms with Crippen LogP contribution in [0.25, 0.3) is 0 Å². The summed E-state index contributed by atoms with van der Waals surface area (Å²) in [6.45, 7) is 0.447. The highest BCUT2D eigenvalue weighted by Gasteiger charge is 2.26. The minimum Gasteiger partial charge on any atom is -0.467 e. The molecule has 9 nitrogen and oxygen atoms in total. The van der Waals surface area contributed by atoms with Crippen LogP contribution in [0.5, 0.6) is 0 Å². The Kier molecular flexibility index (Phi) is 4.64. The first-order valence-electron chi connectivity index (χ1n) is 7.66. The Morgan fingerprint density at radius 1 is 1.28 bits per heavy atom. The average molecular weight is 344 g/mol. The summed E-state index contributed by atoms with van der Waals surface area (Å²) in [5.41, 5.74) is 1.33. The Balaban J connectivity index is 1.55. The Bertz CT molecular complexity index is 803. The number of rotatable bonds is 5. The average Bonchev–Trinajstić information content (AvgIpc) is 3.26. The fourth-order valence-electron chi connectivity index (χ4n) is 2.63. The lowest BCUT2D eigenvalue weighted by molar-refractivity contribution is -0.384. The van der Waals surface area contributed by atoms with Gasteiger partial charge in [-0.3, -0.25) is 14.9 Å². The van der Waals surface area contributed by atoms with Gasteiger partial charge in [-0.05, 0) is 24.1 Å². The second kappa shape index (κ2) is 7.04. The number of hydrogen-bond acceptors (Lipinski definition) is 5. The van der Waals surface area contributed by atoms with Gasteiger partial charge in [0, 0.05) is 18.7 Å². The molecule has 0 atom stereocenters. The number of carbonyl (C=O) groups excluding carboxylic acids is 2. The zero-order chi connectivity index (χ0) is 17.8. The molecular formula is C16H16N4O5. The van der Waals surface area contributed by atoms with Gasteiger partial charge in [-0.25, -0.2) is 4.79 Å². The van der Waals surface area contributed by atoms with Gasteiger partial charge in [-0.15, -0.1) is 0 Å². The van der Waals surface area contributed by atoms with Crippen molar-refractivity contribution in [2.45, 2.75) is 13.0 Å². The Morgan fingerprint density at radius 2 is 2.12 bits per heavy atom. The van der Waals surface area contributed by atoms with Crippen LogP contribution in [0.1, 0.15) is 11.3 Å². The van der Waals surface area contributed by atoms with E-state index in [1.54, 1.807) is 18.2 Å². The van der Waals surface area contributed by atoms with E-state index in [1.165, 1.54) is 23.3 Å². The number of carbonyl (C=O) groups is 2. The first kappa shape index (κ1) is 16.5. The fourth-order valence-corrected chi connectivity index (χ4v) is 2.63. The van der Waals surface area contributed by atoms with Crippen LogP contribution >= 0.6 is 0 Å². The molecule has 0 aliphatic carbocycles. The van der Waals surface area contributed by atoms with E-state index in [1.807, 2.05) is 0 Å². The number of hydrogen-bond donors (Lipinski definition) is 2. The number of non-ortho nitro benzene ring substituents is 1. The van der Waals surface area contributed by atoms with Crippen molar-refractivity contribution in [1.29, 1.82) is 0 Å². The van der Waals surface area contributed by atoms with Crippen molar-refractivity contribution in [2.24, 2.45) is 0 Å². The summed E-state index contributed by atoms with van der Waals surface area (Å²) in [7, 11) is 0. The third-order valence-corrected chi connectivity index (χ3v) is 3.88. The molecular weight excluding hydrogens is 328 g/mol. The fraction of sp³-hybridized carbons (Fsp3) is 0.250. The zero-order valence-electron chi connectivity index (χ0n) is 13.2. The number of nitro benzene ring substituents is 1. The minimum absolute atomic E-state index is 0.0670. The lowest BCUT2D eigenvalue weighted by Gasteiger charge is -2.17. The summed E-state index contributed by atoms with van der Waals surface area (Å²) in [6.07, 6.45) is 2.13. The van der Waals surface area contributed by atoms with Gasteiger partial charge in [-0.2, -0.15) is 0 Å². The number of benzene rings is 1. The molecule has 25 heavy (non-hydrogen) atoms. The van der Waals surface area contributed by atoms with E-state index < -0.39 is 11.0 Å². The van der Waals surface area contributed by atoms with Crippen molar-refractivity contribution in [3.63, 3.8) is 0 Å². The molecule has 0 unspecified atom stereocenters. The summed E-state index contributed by atoms with van der Waals surface area (Å²) in [4.78, 5) is 35.9. The molecule has 3 amide bonds. The summed E-state index contributed by atoms with van der Waals surface area (Å²) < 4.78 is 5.09. The molecule has 130 valence electrons. The second-order valence-electron chi connectivity index (χ2n) is 5.48. The summed E-state index contributed by atoms with van der Waals surface area (Å²) >= 11 is 0. The topological polar surface area (TPSA) is 118 Å². The zero-order valence-corrected chi connectivity index (χ0v) is 13.2. The number of amides is 3. The minimum atomic E-state index is -0.498. The molecule has 1 aromatic carbocycles. The lowest BCUT2D eigenvalue weighted by atomic mass is 10.1. The number of furan rings is 1. The van der Waals surface area contributed by atoms with Crippen molar-refractivity contribution >= 4 is 23.3 Å². The monoisotopic (exact) mass is 344 g/mol. The van der Waals surface area contributed by atoms with Crippen molar-refractivity contribution in [3.05, 3.63) is 58.0 Å². The van der Waals surface area contributed by atoms with Gasteiger partial charge in [0.25, 0.3) is 5.69 Å². The van der Waals surface area contributed by atoms with Crippen LogP contribution in [0, 0.1) is 10.1 Å². The molecule has 1 aliphatic heterocycles. The molecule has 1 aliphatic rings. The van der Waals surface area contributed by atoms with E-state index in [0.29, 0.717) is 24.4 Å². The van der Waals surface area contributed by atoms with E-state index in [9.17, 15) is 19.7 Å². The van der Waals surface area contributed by atoms with E-state index >= 15 is 0 Å². The quantitative estimate of drug-likeness (QED) is 0.630. The van der Waals surface area contributed by atoms with Crippen LogP contribution in [0.15, 0.2) is 41.0 Å². The Labute approximate surface area is 142 Å².